The van der Waals surface area contributed by atoms with Crippen LogP contribution in [-0.2, 0) is 4.74 Å². The van der Waals surface area contributed by atoms with Crippen LogP contribution in [-0.4, -0.2) is 28.2 Å². The summed E-state index contributed by atoms with van der Waals surface area (Å²) in [6, 6.07) is 7.53. The molecule has 0 radical (unpaired) electrons. The van der Waals surface area contributed by atoms with Crippen molar-refractivity contribution in [1.82, 2.24) is 15.0 Å². The summed E-state index contributed by atoms with van der Waals surface area (Å²) < 4.78 is 19.8. The van der Waals surface area contributed by atoms with Crippen molar-refractivity contribution in [2.24, 2.45) is 0 Å². The Labute approximate surface area is 180 Å². The van der Waals surface area contributed by atoms with Gasteiger partial charge < -0.3 is 20.0 Å². The summed E-state index contributed by atoms with van der Waals surface area (Å²) in [6.45, 7) is 0.984. The van der Waals surface area contributed by atoms with E-state index in [0.29, 0.717) is 46.0 Å². The molecule has 5 rings (SSSR count). The fraction of sp³-hybridized carbons (Fsp3) is 0.143. The van der Waals surface area contributed by atoms with E-state index in [1.165, 1.54) is 18.2 Å². The minimum Gasteiger partial charge on any atom is -0.380 e. The van der Waals surface area contributed by atoms with Gasteiger partial charge in [-0.3, -0.25) is 4.79 Å². The van der Waals surface area contributed by atoms with Crippen molar-refractivity contribution in [3.05, 3.63) is 74.6 Å². The van der Waals surface area contributed by atoms with E-state index < -0.39 is 11.4 Å². The Morgan fingerprint density at radius 1 is 1.13 bits per heavy atom. The summed E-state index contributed by atoms with van der Waals surface area (Å²) in [5.74, 6) is -0.506. The van der Waals surface area contributed by atoms with E-state index in [1.54, 1.807) is 24.5 Å². The number of pyridine rings is 2. The summed E-state index contributed by atoms with van der Waals surface area (Å²) in [6.07, 6.45) is 3.30. The molecule has 1 saturated heterocycles. The number of ether oxygens (including phenoxy) is 1. The highest BCUT2D eigenvalue weighted by Gasteiger charge is 2.26. The zero-order chi connectivity index (χ0) is 20.8. The van der Waals surface area contributed by atoms with Gasteiger partial charge in [-0.15, -0.1) is 0 Å². The molecule has 9 heteroatoms. The van der Waals surface area contributed by atoms with Crippen molar-refractivity contribution >= 4 is 45.6 Å². The monoisotopic (exact) mass is 444 g/mol. The molecule has 0 unspecified atom stereocenters. The van der Waals surface area contributed by atoms with Crippen molar-refractivity contribution in [1.29, 1.82) is 0 Å². The minimum atomic E-state index is -0.532. The van der Waals surface area contributed by atoms with Gasteiger partial charge in [0.1, 0.15) is 11.5 Å². The third-order valence-electron chi connectivity index (χ3n) is 5.13. The highest BCUT2D eigenvalue weighted by atomic mass is 35.5. The molecule has 1 fully saturated rings. The highest BCUT2D eigenvalue weighted by Crippen LogP contribution is 2.36. The molecule has 6 nitrogen and oxygen atoms in total. The van der Waals surface area contributed by atoms with E-state index in [0.717, 1.165) is 5.39 Å². The van der Waals surface area contributed by atoms with Crippen LogP contribution >= 0.6 is 23.2 Å². The Balaban J connectivity index is 1.68. The van der Waals surface area contributed by atoms with Crippen LogP contribution in [0.25, 0.3) is 22.2 Å². The summed E-state index contributed by atoms with van der Waals surface area (Å²) in [4.78, 5) is 23.0. The van der Waals surface area contributed by atoms with Crippen LogP contribution in [0.3, 0.4) is 0 Å². The van der Waals surface area contributed by atoms with Crippen LogP contribution in [0.2, 0.25) is 10.0 Å². The molecule has 3 N–H and O–H groups in total. The first-order chi connectivity index (χ1) is 14.5. The second kappa shape index (κ2) is 7.43. The number of hydrogen-bond acceptors (Lipinski definition) is 4. The number of rotatable bonds is 4. The van der Waals surface area contributed by atoms with Crippen LogP contribution in [0.4, 0.5) is 15.8 Å². The second-order valence-electron chi connectivity index (χ2n) is 7.04. The first-order valence-corrected chi connectivity index (χ1v) is 9.96. The van der Waals surface area contributed by atoms with E-state index in [4.69, 9.17) is 27.9 Å². The van der Waals surface area contributed by atoms with Gasteiger partial charge in [-0.25, -0.2) is 9.37 Å². The van der Waals surface area contributed by atoms with Gasteiger partial charge in [-0.2, -0.15) is 0 Å². The molecular formula is C21H15Cl2FN4O2. The average molecular weight is 445 g/mol. The van der Waals surface area contributed by atoms with Crippen molar-refractivity contribution in [3.63, 3.8) is 0 Å². The fourth-order valence-electron chi connectivity index (χ4n) is 3.54. The predicted octanol–water partition coefficient (Wildman–Crippen LogP) is 5.22. The lowest BCUT2D eigenvalue weighted by Gasteiger charge is -2.28. The Bertz CT molecular complexity index is 1330. The lowest BCUT2D eigenvalue weighted by Crippen LogP contribution is -2.29. The molecule has 152 valence electrons. The number of benzene rings is 1. The number of nitrogens with one attached hydrogen (secondary N) is 3. The number of fused-ring (bicyclic) bond motifs is 1. The van der Waals surface area contributed by atoms with E-state index in [1.807, 2.05) is 0 Å². The molecular weight excluding hydrogens is 430 g/mol. The lowest BCUT2D eigenvalue weighted by molar-refractivity contribution is 0.00695. The first-order valence-electron chi connectivity index (χ1n) is 9.20. The maximum absolute atomic E-state index is 14.5. The summed E-state index contributed by atoms with van der Waals surface area (Å²) >= 11 is 12.4. The summed E-state index contributed by atoms with van der Waals surface area (Å²) in [5.41, 5.74) is 2.55. The topological polar surface area (TPSA) is 82.8 Å². The molecule has 4 heterocycles. The number of hydrogen-bond donors (Lipinski definition) is 3. The Morgan fingerprint density at radius 2 is 1.97 bits per heavy atom. The Morgan fingerprint density at radius 3 is 2.73 bits per heavy atom. The van der Waals surface area contributed by atoms with Crippen LogP contribution < -0.4 is 10.9 Å². The number of halogens is 3. The molecule has 0 spiro atoms. The van der Waals surface area contributed by atoms with E-state index in [2.05, 4.69) is 20.3 Å². The third-order valence-corrected chi connectivity index (χ3v) is 5.66. The van der Waals surface area contributed by atoms with Gasteiger partial charge >= 0.3 is 0 Å². The van der Waals surface area contributed by atoms with Gasteiger partial charge in [-0.05, 0) is 30.3 Å². The zero-order valence-corrected chi connectivity index (χ0v) is 16.9. The number of nitrogens with zero attached hydrogens (tertiary/aromatic N) is 1. The number of anilines is 2. The van der Waals surface area contributed by atoms with Gasteiger partial charge in [0.25, 0.3) is 5.56 Å². The smallest absolute Gasteiger partial charge is 0.256 e. The normalized spacial score (nSPS) is 14.1. The van der Waals surface area contributed by atoms with Crippen LogP contribution in [0, 0.1) is 5.82 Å². The molecule has 0 bridgehead atoms. The molecule has 0 atom stereocenters. The van der Waals surface area contributed by atoms with Gasteiger partial charge in [-0.1, -0.05) is 23.2 Å². The first kappa shape index (κ1) is 19.1. The van der Waals surface area contributed by atoms with Gasteiger partial charge in [0.05, 0.1) is 40.6 Å². The summed E-state index contributed by atoms with van der Waals surface area (Å²) in [7, 11) is 0. The molecule has 1 aliphatic rings. The molecule has 0 amide bonds. The van der Waals surface area contributed by atoms with E-state index >= 15 is 0 Å². The summed E-state index contributed by atoms with van der Waals surface area (Å²) in [5, 5.41) is 4.91. The molecule has 4 aromatic rings. The Hall–Kier alpha value is -2.87. The largest absolute Gasteiger partial charge is 0.380 e. The standard InChI is InChI=1S/C21H15Cl2FN4O2/c22-11-1-2-15(24)12(5-11)13-6-17(19(28-21(13)29)10-8-30-9-10)27-16-3-4-25-20-18(16)14(23)7-26-20/h1-7,10H,8-9H2,(H,28,29)(H2,25,26,27). The van der Waals surface area contributed by atoms with Crippen molar-refractivity contribution < 1.29 is 9.13 Å². The van der Waals surface area contributed by atoms with Gasteiger partial charge in [0.2, 0.25) is 0 Å². The number of aromatic amines is 2. The van der Waals surface area contributed by atoms with E-state index in [-0.39, 0.29) is 17.0 Å². The molecule has 3 aromatic heterocycles. The highest BCUT2D eigenvalue weighted by molar-refractivity contribution is 6.36. The third kappa shape index (κ3) is 3.25. The van der Waals surface area contributed by atoms with Crippen LogP contribution in [0.5, 0.6) is 0 Å². The maximum Gasteiger partial charge on any atom is 0.256 e. The van der Waals surface area contributed by atoms with E-state index in [9.17, 15) is 9.18 Å². The van der Waals surface area contributed by atoms with Crippen LogP contribution in [0.15, 0.2) is 47.5 Å². The number of H-pyrrole nitrogens is 2. The fourth-order valence-corrected chi connectivity index (χ4v) is 3.96. The van der Waals surface area contributed by atoms with Crippen molar-refractivity contribution in [2.75, 3.05) is 18.5 Å². The van der Waals surface area contributed by atoms with Gasteiger partial charge in [0, 0.05) is 34.6 Å². The zero-order valence-electron chi connectivity index (χ0n) is 15.4. The SMILES string of the molecule is O=c1[nH]c(C2COC2)c(Nc2ccnc3[nH]cc(Cl)c23)cc1-c1cc(Cl)ccc1F. The maximum atomic E-state index is 14.5. The molecule has 1 aromatic carbocycles. The quantitative estimate of drug-likeness (QED) is 0.402. The minimum absolute atomic E-state index is 0.0254. The average Bonchev–Trinajstić information content (AvgIpc) is 3.06. The molecule has 30 heavy (non-hydrogen) atoms. The lowest BCUT2D eigenvalue weighted by atomic mass is 9.98. The Kier molecular flexibility index (Phi) is 4.73. The van der Waals surface area contributed by atoms with Gasteiger partial charge in [0.15, 0.2) is 0 Å². The molecule has 1 aliphatic heterocycles. The van der Waals surface area contributed by atoms with Crippen molar-refractivity contribution in [3.8, 4) is 11.1 Å². The molecule has 0 aliphatic carbocycles. The van der Waals surface area contributed by atoms with Crippen molar-refractivity contribution in [2.45, 2.75) is 5.92 Å². The number of aromatic nitrogens is 3. The molecule has 0 saturated carbocycles. The predicted molar refractivity (Wildman–Crippen MR) is 115 cm³/mol. The van der Waals surface area contributed by atoms with Crippen LogP contribution in [0.1, 0.15) is 11.6 Å². The second-order valence-corrected chi connectivity index (χ2v) is 7.89.